The van der Waals surface area contributed by atoms with Crippen LogP contribution in [0.5, 0.6) is 0 Å². The Bertz CT molecular complexity index is 630. The number of fused-ring (bicyclic) bond motifs is 2. The zero-order valence-electron chi connectivity index (χ0n) is 14.6. The number of hydrogen-bond donors (Lipinski definition) is 1. The van der Waals surface area contributed by atoms with Crippen molar-refractivity contribution in [2.45, 2.75) is 43.8 Å². The largest absolute Gasteiger partial charge is 0.360 e. The summed E-state index contributed by atoms with van der Waals surface area (Å²) in [6, 6.07) is 7.83. The van der Waals surface area contributed by atoms with Gasteiger partial charge in [-0.2, -0.15) is 0 Å². The van der Waals surface area contributed by atoms with Gasteiger partial charge in [0, 0.05) is 38.3 Å². The third-order valence-electron chi connectivity index (χ3n) is 5.25. The molecule has 3 rings (SSSR count). The number of para-hydroxylation sites is 2. The average Bonchev–Trinajstić information content (AvgIpc) is 2.91. The van der Waals surface area contributed by atoms with Crippen molar-refractivity contribution in [3.8, 4) is 0 Å². The zero-order chi connectivity index (χ0) is 17.3. The van der Waals surface area contributed by atoms with Gasteiger partial charge in [0.15, 0.2) is 0 Å². The van der Waals surface area contributed by atoms with E-state index in [1.807, 2.05) is 11.9 Å². The van der Waals surface area contributed by atoms with Crippen LogP contribution in [0, 0.1) is 10.1 Å². The summed E-state index contributed by atoms with van der Waals surface area (Å²) in [5, 5.41) is 14.7. The Kier molecular flexibility index (Phi) is 6.24. The van der Waals surface area contributed by atoms with Crippen molar-refractivity contribution in [2.24, 2.45) is 0 Å². The summed E-state index contributed by atoms with van der Waals surface area (Å²) >= 11 is 0. The van der Waals surface area contributed by atoms with Crippen molar-refractivity contribution < 1.29 is 9.72 Å². The molecule has 1 amide bonds. The van der Waals surface area contributed by atoms with Crippen LogP contribution in [0.4, 0.5) is 11.4 Å². The topological polar surface area (TPSA) is 78.7 Å². The molecule has 2 aliphatic rings. The third kappa shape index (κ3) is 4.22. The van der Waals surface area contributed by atoms with Gasteiger partial charge in [0.2, 0.25) is 5.91 Å². The van der Waals surface area contributed by atoms with Crippen LogP contribution in [0.15, 0.2) is 24.3 Å². The second kappa shape index (κ2) is 8.01. The second-order valence-corrected chi connectivity index (χ2v) is 6.87. The molecule has 1 N–H and O–H groups in total. The Morgan fingerprint density at radius 1 is 1.24 bits per heavy atom. The van der Waals surface area contributed by atoms with Crippen LogP contribution in [-0.4, -0.2) is 54.5 Å². The molecule has 1 aromatic rings. The van der Waals surface area contributed by atoms with Crippen LogP contribution in [-0.2, 0) is 4.79 Å². The minimum absolute atomic E-state index is 0. The predicted molar refractivity (Wildman–Crippen MR) is 99.4 cm³/mol. The smallest absolute Gasteiger partial charge is 0.292 e. The molecule has 8 heteroatoms. The molecule has 0 aromatic heterocycles. The van der Waals surface area contributed by atoms with Gasteiger partial charge >= 0.3 is 0 Å². The van der Waals surface area contributed by atoms with Gasteiger partial charge in [-0.1, -0.05) is 12.1 Å². The lowest BCUT2D eigenvalue weighted by Crippen LogP contribution is -2.50. The molecule has 2 fully saturated rings. The van der Waals surface area contributed by atoms with E-state index in [9.17, 15) is 14.9 Å². The lowest BCUT2D eigenvalue weighted by atomic mass is 9.98. The number of anilines is 1. The highest BCUT2D eigenvalue weighted by Gasteiger charge is 2.36. The van der Waals surface area contributed by atoms with Gasteiger partial charge in [-0.05, 0) is 31.7 Å². The van der Waals surface area contributed by atoms with E-state index in [-0.39, 0.29) is 36.6 Å². The highest BCUT2D eigenvalue weighted by molar-refractivity contribution is 5.85. The summed E-state index contributed by atoms with van der Waals surface area (Å²) in [4.78, 5) is 26.9. The molecular formula is C17H25ClN4O3. The predicted octanol–water partition coefficient (Wildman–Crippen LogP) is 2.19. The molecule has 25 heavy (non-hydrogen) atoms. The standard InChI is InChI=1S/C17H24N4O3.ClH/c1-19(15-5-3-4-6-16(15)21(23)24)11-17(22)20(2)14-9-12-7-8-13(10-14)18-12;/h3-6,12-14,18H,7-11H2,1-2H3;1H. The summed E-state index contributed by atoms with van der Waals surface area (Å²) in [7, 11) is 3.57. The van der Waals surface area contributed by atoms with Crippen molar-refractivity contribution >= 4 is 29.7 Å². The number of likely N-dealkylation sites (N-methyl/N-ethyl adjacent to an activating group) is 2. The Labute approximate surface area is 153 Å². The first-order chi connectivity index (χ1) is 11.5. The van der Waals surface area contributed by atoms with E-state index in [1.54, 1.807) is 30.1 Å². The highest BCUT2D eigenvalue weighted by atomic mass is 35.5. The molecular weight excluding hydrogens is 344 g/mol. The maximum Gasteiger partial charge on any atom is 0.292 e. The van der Waals surface area contributed by atoms with Crippen LogP contribution in [0.2, 0.25) is 0 Å². The first kappa shape index (κ1) is 19.5. The summed E-state index contributed by atoms with van der Waals surface area (Å²) in [5.41, 5.74) is 0.491. The number of hydrogen-bond acceptors (Lipinski definition) is 5. The second-order valence-electron chi connectivity index (χ2n) is 6.87. The van der Waals surface area contributed by atoms with Crippen molar-refractivity contribution in [1.82, 2.24) is 10.2 Å². The van der Waals surface area contributed by atoms with Crippen LogP contribution in [0.1, 0.15) is 25.7 Å². The maximum absolute atomic E-state index is 12.6. The van der Waals surface area contributed by atoms with Gasteiger partial charge in [-0.15, -0.1) is 12.4 Å². The number of nitrogens with one attached hydrogen (secondary N) is 1. The maximum atomic E-state index is 12.6. The van der Waals surface area contributed by atoms with E-state index in [0.717, 1.165) is 12.8 Å². The average molecular weight is 369 g/mol. The number of benzene rings is 1. The first-order valence-electron chi connectivity index (χ1n) is 8.42. The number of piperidine rings is 1. The van der Waals surface area contributed by atoms with E-state index < -0.39 is 4.92 Å². The Balaban J connectivity index is 0.00000225. The van der Waals surface area contributed by atoms with E-state index in [0.29, 0.717) is 17.8 Å². The molecule has 2 saturated heterocycles. The van der Waals surface area contributed by atoms with Crippen molar-refractivity contribution in [3.63, 3.8) is 0 Å². The molecule has 0 aliphatic carbocycles. The molecule has 7 nitrogen and oxygen atoms in total. The van der Waals surface area contributed by atoms with E-state index in [1.165, 1.54) is 18.9 Å². The van der Waals surface area contributed by atoms with Gasteiger partial charge in [-0.3, -0.25) is 14.9 Å². The molecule has 0 spiro atoms. The number of nitro groups is 1. The minimum Gasteiger partial charge on any atom is -0.360 e. The fraction of sp³-hybridized carbons (Fsp3) is 0.588. The van der Waals surface area contributed by atoms with Crippen LogP contribution in [0.25, 0.3) is 0 Å². The normalized spacial score (nSPS) is 24.3. The van der Waals surface area contributed by atoms with Gasteiger partial charge in [0.25, 0.3) is 5.69 Å². The lowest BCUT2D eigenvalue weighted by Gasteiger charge is -2.36. The molecule has 2 heterocycles. The molecule has 2 bridgehead atoms. The number of carbonyl (C=O) groups is 1. The van der Waals surface area contributed by atoms with E-state index in [4.69, 9.17) is 0 Å². The van der Waals surface area contributed by atoms with Gasteiger partial charge in [-0.25, -0.2) is 0 Å². The lowest BCUT2D eigenvalue weighted by molar-refractivity contribution is -0.384. The SMILES string of the molecule is CN(CC(=O)N(C)C1CC2CCC(C1)N2)c1ccccc1[N+](=O)[O-].Cl. The Hall–Kier alpha value is -1.86. The highest BCUT2D eigenvalue weighted by Crippen LogP contribution is 2.30. The zero-order valence-corrected chi connectivity index (χ0v) is 15.4. The monoisotopic (exact) mass is 368 g/mol. The van der Waals surface area contributed by atoms with E-state index >= 15 is 0 Å². The fourth-order valence-electron chi connectivity index (χ4n) is 3.89. The number of rotatable bonds is 5. The molecule has 1 aromatic carbocycles. The summed E-state index contributed by atoms with van der Waals surface area (Å²) in [5.74, 6) is 0.00181. The number of nitro benzene ring substituents is 1. The Morgan fingerprint density at radius 2 is 1.84 bits per heavy atom. The van der Waals surface area contributed by atoms with Crippen molar-refractivity contribution in [1.29, 1.82) is 0 Å². The molecule has 0 radical (unpaired) electrons. The molecule has 2 unspecified atom stereocenters. The van der Waals surface area contributed by atoms with Crippen LogP contribution < -0.4 is 10.2 Å². The first-order valence-corrected chi connectivity index (χ1v) is 8.42. The van der Waals surface area contributed by atoms with Crippen LogP contribution in [0.3, 0.4) is 0 Å². The van der Waals surface area contributed by atoms with Crippen LogP contribution >= 0.6 is 12.4 Å². The number of nitrogens with zero attached hydrogens (tertiary/aromatic N) is 3. The summed E-state index contributed by atoms with van der Waals surface area (Å²) < 4.78 is 0. The van der Waals surface area contributed by atoms with Gasteiger partial charge in [0.05, 0.1) is 11.5 Å². The summed E-state index contributed by atoms with van der Waals surface area (Å²) in [6.45, 7) is 0.139. The molecule has 0 saturated carbocycles. The fourth-order valence-corrected chi connectivity index (χ4v) is 3.89. The number of halogens is 1. The minimum atomic E-state index is -0.412. The number of carbonyl (C=O) groups excluding carboxylic acids is 1. The number of amides is 1. The van der Waals surface area contributed by atoms with Gasteiger partial charge < -0.3 is 15.1 Å². The quantitative estimate of drug-likeness (QED) is 0.636. The van der Waals surface area contributed by atoms with E-state index in [2.05, 4.69) is 5.32 Å². The molecule has 138 valence electrons. The third-order valence-corrected chi connectivity index (χ3v) is 5.25. The Morgan fingerprint density at radius 3 is 2.44 bits per heavy atom. The molecule has 2 aliphatic heterocycles. The van der Waals surface area contributed by atoms with Crippen molar-refractivity contribution in [3.05, 3.63) is 34.4 Å². The van der Waals surface area contributed by atoms with Crippen molar-refractivity contribution in [2.75, 3.05) is 25.5 Å². The summed E-state index contributed by atoms with van der Waals surface area (Å²) in [6.07, 6.45) is 4.38. The molecule has 2 atom stereocenters. The van der Waals surface area contributed by atoms with Gasteiger partial charge in [0.1, 0.15) is 5.69 Å².